The molecule has 0 N–H and O–H groups in total. The van der Waals surface area contributed by atoms with Crippen LogP contribution in [0.5, 0.6) is 5.75 Å². The highest BCUT2D eigenvalue weighted by Gasteiger charge is 2.41. The second-order valence-electron chi connectivity index (χ2n) is 6.24. The summed E-state index contributed by atoms with van der Waals surface area (Å²) in [7, 11) is 2.80. The standard InChI is InChI=1S/C18H19F3N2O3/c1-25-14-8-11-7-12(17(24)26-2)10-22-16(11)15(9-14)23-5-3-13(4-6-23)18(19,20)21/h7-10,13H,3-6H2,1-2H3. The van der Waals surface area contributed by atoms with Gasteiger partial charge in [-0.2, -0.15) is 13.2 Å². The number of alkyl halides is 3. The van der Waals surface area contributed by atoms with Crippen LogP contribution >= 0.6 is 0 Å². The van der Waals surface area contributed by atoms with Crippen LogP contribution in [-0.4, -0.2) is 44.4 Å². The largest absolute Gasteiger partial charge is 0.497 e. The highest BCUT2D eigenvalue weighted by molar-refractivity contribution is 5.98. The van der Waals surface area contributed by atoms with Crippen LogP contribution in [-0.2, 0) is 4.74 Å². The Morgan fingerprint density at radius 1 is 1.19 bits per heavy atom. The van der Waals surface area contributed by atoms with E-state index in [-0.39, 0.29) is 25.9 Å². The first kappa shape index (κ1) is 18.3. The quantitative estimate of drug-likeness (QED) is 0.771. The second-order valence-corrected chi connectivity index (χ2v) is 6.24. The van der Waals surface area contributed by atoms with Crippen LogP contribution in [0.25, 0.3) is 10.9 Å². The minimum Gasteiger partial charge on any atom is -0.497 e. The van der Waals surface area contributed by atoms with E-state index in [2.05, 4.69) is 4.98 Å². The smallest absolute Gasteiger partial charge is 0.391 e. The number of fused-ring (bicyclic) bond motifs is 1. The molecule has 1 aliphatic rings. The molecule has 1 aliphatic heterocycles. The summed E-state index contributed by atoms with van der Waals surface area (Å²) in [6.07, 6.45) is -2.66. The fraction of sp³-hybridized carbons (Fsp3) is 0.444. The fourth-order valence-corrected chi connectivity index (χ4v) is 3.24. The molecule has 8 heteroatoms. The highest BCUT2D eigenvalue weighted by atomic mass is 19.4. The zero-order valence-corrected chi connectivity index (χ0v) is 14.5. The molecular formula is C18H19F3N2O3. The number of hydrogen-bond acceptors (Lipinski definition) is 5. The summed E-state index contributed by atoms with van der Waals surface area (Å²) in [4.78, 5) is 18.0. The summed E-state index contributed by atoms with van der Waals surface area (Å²) < 4.78 is 48.7. The monoisotopic (exact) mass is 368 g/mol. The Labute approximate surface area is 148 Å². The molecule has 1 aromatic carbocycles. The Morgan fingerprint density at radius 3 is 2.46 bits per heavy atom. The Morgan fingerprint density at radius 2 is 1.88 bits per heavy atom. The average molecular weight is 368 g/mol. The van der Waals surface area contributed by atoms with Crippen LogP contribution < -0.4 is 9.64 Å². The third kappa shape index (κ3) is 3.54. The summed E-state index contributed by atoms with van der Waals surface area (Å²) in [6.45, 7) is 0.569. The van der Waals surface area contributed by atoms with Gasteiger partial charge < -0.3 is 14.4 Å². The van der Waals surface area contributed by atoms with Crippen LogP contribution in [0.1, 0.15) is 23.2 Å². The first-order chi connectivity index (χ1) is 12.3. The van der Waals surface area contributed by atoms with Crippen molar-refractivity contribution in [3.05, 3.63) is 30.0 Å². The number of carbonyl (C=O) groups is 1. The predicted octanol–water partition coefficient (Wildman–Crippen LogP) is 3.81. The number of methoxy groups -OCH3 is 2. The molecule has 140 valence electrons. The number of pyridine rings is 1. The SMILES string of the molecule is COC(=O)c1cnc2c(N3CCC(C(F)(F)F)CC3)cc(OC)cc2c1. The molecule has 2 heterocycles. The number of rotatable bonds is 3. The van der Waals surface area contributed by atoms with Crippen LogP contribution in [0.4, 0.5) is 18.9 Å². The van der Waals surface area contributed by atoms with Gasteiger partial charge in [0, 0.05) is 30.7 Å². The molecule has 2 aromatic rings. The number of carbonyl (C=O) groups excluding carboxylic acids is 1. The molecule has 1 aromatic heterocycles. The molecule has 0 spiro atoms. The predicted molar refractivity (Wildman–Crippen MR) is 90.6 cm³/mol. The van der Waals surface area contributed by atoms with Crippen LogP contribution in [0.15, 0.2) is 24.4 Å². The normalized spacial score (nSPS) is 16.0. The number of piperidine rings is 1. The van der Waals surface area contributed by atoms with Gasteiger partial charge in [0.05, 0.1) is 36.9 Å². The number of esters is 1. The number of benzene rings is 1. The van der Waals surface area contributed by atoms with E-state index in [0.717, 1.165) is 0 Å². The number of nitrogens with zero attached hydrogens (tertiary/aromatic N) is 2. The van der Waals surface area contributed by atoms with Crippen molar-refractivity contribution in [2.45, 2.75) is 19.0 Å². The lowest BCUT2D eigenvalue weighted by molar-refractivity contribution is -0.179. The zero-order chi connectivity index (χ0) is 18.9. The lowest BCUT2D eigenvalue weighted by Crippen LogP contribution is -2.39. The summed E-state index contributed by atoms with van der Waals surface area (Å²) in [6, 6.07) is 5.14. The maximum absolute atomic E-state index is 12.9. The van der Waals surface area contributed by atoms with Gasteiger partial charge >= 0.3 is 12.1 Å². The molecule has 5 nitrogen and oxygen atoms in total. The van der Waals surface area contributed by atoms with E-state index < -0.39 is 18.1 Å². The highest BCUT2D eigenvalue weighted by Crippen LogP contribution is 2.38. The van der Waals surface area contributed by atoms with Gasteiger partial charge in [-0.3, -0.25) is 4.98 Å². The summed E-state index contributed by atoms with van der Waals surface area (Å²) in [5.74, 6) is -1.22. The van der Waals surface area contributed by atoms with E-state index in [0.29, 0.717) is 27.9 Å². The van der Waals surface area contributed by atoms with Crippen LogP contribution in [0.2, 0.25) is 0 Å². The fourth-order valence-electron chi connectivity index (χ4n) is 3.24. The molecule has 1 saturated heterocycles. The minimum atomic E-state index is -4.16. The van der Waals surface area contributed by atoms with Gasteiger partial charge in [-0.15, -0.1) is 0 Å². The van der Waals surface area contributed by atoms with E-state index >= 15 is 0 Å². The van der Waals surface area contributed by atoms with Gasteiger partial charge in [-0.25, -0.2) is 4.79 Å². The molecule has 0 unspecified atom stereocenters. The topological polar surface area (TPSA) is 51.7 Å². The summed E-state index contributed by atoms with van der Waals surface area (Å²) in [5.41, 5.74) is 1.62. The average Bonchev–Trinajstić information content (AvgIpc) is 2.65. The van der Waals surface area contributed by atoms with E-state index in [9.17, 15) is 18.0 Å². The van der Waals surface area contributed by atoms with Gasteiger partial charge in [0.2, 0.25) is 0 Å². The minimum absolute atomic E-state index is 0.0441. The molecule has 1 fully saturated rings. The van der Waals surface area contributed by atoms with Gasteiger partial charge in [-0.05, 0) is 25.0 Å². The maximum Gasteiger partial charge on any atom is 0.391 e. The van der Waals surface area contributed by atoms with Crippen molar-refractivity contribution in [3.8, 4) is 5.75 Å². The van der Waals surface area contributed by atoms with Crippen molar-refractivity contribution in [1.29, 1.82) is 0 Å². The first-order valence-corrected chi connectivity index (χ1v) is 8.21. The number of ether oxygens (including phenoxy) is 2. The maximum atomic E-state index is 12.9. The molecule has 3 rings (SSSR count). The molecule has 26 heavy (non-hydrogen) atoms. The molecule has 0 aliphatic carbocycles. The van der Waals surface area contributed by atoms with E-state index in [1.807, 2.05) is 4.90 Å². The third-order valence-electron chi connectivity index (χ3n) is 4.69. The number of hydrogen-bond donors (Lipinski definition) is 0. The number of aromatic nitrogens is 1. The number of halogens is 3. The van der Waals surface area contributed by atoms with Crippen molar-refractivity contribution in [3.63, 3.8) is 0 Å². The summed E-state index contributed by atoms with van der Waals surface area (Å²) in [5, 5.41) is 0.667. The molecule has 0 radical (unpaired) electrons. The molecule has 0 amide bonds. The first-order valence-electron chi connectivity index (χ1n) is 8.21. The lowest BCUT2D eigenvalue weighted by atomic mass is 9.95. The Kier molecular flexibility index (Phi) is 4.93. The number of anilines is 1. The van der Waals surface area contributed by atoms with Gasteiger partial charge in [-0.1, -0.05) is 0 Å². The third-order valence-corrected chi connectivity index (χ3v) is 4.69. The Balaban J connectivity index is 1.96. The Bertz CT molecular complexity index is 815. The lowest BCUT2D eigenvalue weighted by Gasteiger charge is -2.34. The van der Waals surface area contributed by atoms with Gasteiger partial charge in [0.1, 0.15) is 5.75 Å². The molecule has 0 saturated carbocycles. The van der Waals surface area contributed by atoms with Crippen LogP contribution in [0.3, 0.4) is 0 Å². The van der Waals surface area contributed by atoms with E-state index in [1.165, 1.54) is 20.4 Å². The molecule has 0 atom stereocenters. The Hall–Kier alpha value is -2.51. The summed E-state index contributed by atoms with van der Waals surface area (Å²) >= 11 is 0. The van der Waals surface area contributed by atoms with Crippen molar-refractivity contribution < 1.29 is 27.4 Å². The van der Waals surface area contributed by atoms with E-state index in [4.69, 9.17) is 9.47 Å². The van der Waals surface area contributed by atoms with Crippen LogP contribution in [0, 0.1) is 5.92 Å². The molecule has 0 bridgehead atoms. The van der Waals surface area contributed by atoms with Crippen molar-refractivity contribution in [2.75, 3.05) is 32.2 Å². The van der Waals surface area contributed by atoms with Gasteiger partial charge in [0.25, 0.3) is 0 Å². The van der Waals surface area contributed by atoms with Crippen molar-refractivity contribution in [2.24, 2.45) is 5.92 Å². The van der Waals surface area contributed by atoms with Crippen molar-refractivity contribution in [1.82, 2.24) is 4.98 Å². The zero-order valence-electron chi connectivity index (χ0n) is 14.5. The molecular weight excluding hydrogens is 349 g/mol. The van der Waals surface area contributed by atoms with Gasteiger partial charge in [0.15, 0.2) is 0 Å². The second kappa shape index (κ2) is 7.01. The van der Waals surface area contributed by atoms with Crippen molar-refractivity contribution >= 4 is 22.6 Å². The van der Waals surface area contributed by atoms with E-state index in [1.54, 1.807) is 18.2 Å².